The van der Waals surface area contributed by atoms with Crippen LogP contribution < -0.4 is 4.74 Å². The van der Waals surface area contributed by atoms with Crippen LogP contribution in [-0.2, 0) is 6.61 Å². The lowest BCUT2D eigenvalue weighted by atomic mass is 10.1. The standard InChI is InChI=1S/C18H19F3N2O3/c1-4-8-23(11-18(19,20)21)17(24)14-6-5-7-15(9-14)25-10-16-12(2)22-26-13(16)3/h4-7,9H,1,8,10-11H2,2-3H3. The first-order valence-corrected chi connectivity index (χ1v) is 7.83. The van der Waals surface area contributed by atoms with Crippen molar-refractivity contribution in [1.29, 1.82) is 0 Å². The maximum atomic E-state index is 12.7. The van der Waals surface area contributed by atoms with Gasteiger partial charge in [-0.15, -0.1) is 6.58 Å². The van der Waals surface area contributed by atoms with Gasteiger partial charge >= 0.3 is 6.18 Å². The summed E-state index contributed by atoms with van der Waals surface area (Å²) in [5.41, 5.74) is 1.58. The third kappa shape index (κ3) is 5.11. The number of hydrogen-bond donors (Lipinski definition) is 0. The van der Waals surface area contributed by atoms with Crippen LogP contribution in [0.5, 0.6) is 5.75 Å². The van der Waals surface area contributed by atoms with E-state index in [1.807, 2.05) is 0 Å². The molecule has 0 atom stereocenters. The number of carbonyl (C=O) groups is 1. The summed E-state index contributed by atoms with van der Waals surface area (Å²) in [4.78, 5) is 13.1. The van der Waals surface area contributed by atoms with Gasteiger partial charge < -0.3 is 14.2 Å². The van der Waals surface area contributed by atoms with E-state index in [9.17, 15) is 18.0 Å². The maximum absolute atomic E-state index is 12.7. The molecule has 5 nitrogen and oxygen atoms in total. The minimum Gasteiger partial charge on any atom is -0.489 e. The van der Waals surface area contributed by atoms with Crippen LogP contribution in [0, 0.1) is 13.8 Å². The largest absolute Gasteiger partial charge is 0.489 e. The molecule has 1 aromatic carbocycles. The lowest BCUT2D eigenvalue weighted by Gasteiger charge is -2.22. The van der Waals surface area contributed by atoms with E-state index in [-0.39, 0.29) is 18.7 Å². The average molecular weight is 368 g/mol. The summed E-state index contributed by atoms with van der Waals surface area (Å²) in [6.07, 6.45) is -3.24. The van der Waals surface area contributed by atoms with Crippen molar-refractivity contribution < 1.29 is 27.2 Å². The monoisotopic (exact) mass is 368 g/mol. The molecular formula is C18H19F3N2O3. The van der Waals surface area contributed by atoms with Gasteiger partial charge in [-0.25, -0.2) is 0 Å². The highest BCUT2D eigenvalue weighted by atomic mass is 19.4. The molecule has 1 aromatic heterocycles. The van der Waals surface area contributed by atoms with Crippen molar-refractivity contribution >= 4 is 5.91 Å². The van der Waals surface area contributed by atoms with Gasteiger partial charge in [0.15, 0.2) is 0 Å². The van der Waals surface area contributed by atoms with E-state index in [0.29, 0.717) is 22.1 Å². The zero-order valence-corrected chi connectivity index (χ0v) is 14.5. The molecular weight excluding hydrogens is 349 g/mol. The molecule has 2 rings (SSSR count). The maximum Gasteiger partial charge on any atom is 0.406 e. The van der Waals surface area contributed by atoms with E-state index in [1.165, 1.54) is 18.2 Å². The van der Waals surface area contributed by atoms with E-state index in [4.69, 9.17) is 9.26 Å². The number of hydrogen-bond acceptors (Lipinski definition) is 4. The van der Waals surface area contributed by atoms with Crippen molar-refractivity contribution in [2.24, 2.45) is 0 Å². The quantitative estimate of drug-likeness (QED) is 0.692. The number of nitrogens with zero attached hydrogens (tertiary/aromatic N) is 2. The third-order valence-electron chi connectivity index (χ3n) is 3.65. The topological polar surface area (TPSA) is 55.6 Å². The van der Waals surface area contributed by atoms with Crippen LogP contribution in [0.3, 0.4) is 0 Å². The van der Waals surface area contributed by atoms with Crippen molar-refractivity contribution in [3.63, 3.8) is 0 Å². The molecule has 1 heterocycles. The summed E-state index contributed by atoms with van der Waals surface area (Å²) in [5, 5.41) is 3.82. The van der Waals surface area contributed by atoms with Gasteiger partial charge in [0.1, 0.15) is 24.7 Å². The minimum absolute atomic E-state index is 0.104. The van der Waals surface area contributed by atoms with Crippen LogP contribution >= 0.6 is 0 Å². The van der Waals surface area contributed by atoms with Crippen molar-refractivity contribution in [2.45, 2.75) is 26.6 Å². The number of aryl methyl sites for hydroxylation is 2. The Hall–Kier alpha value is -2.77. The van der Waals surface area contributed by atoms with E-state index < -0.39 is 18.6 Å². The highest BCUT2D eigenvalue weighted by Crippen LogP contribution is 2.21. The number of alkyl halides is 3. The second-order valence-electron chi connectivity index (χ2n) is 5.71. The summed E-state index contributed by atoms with van der Waals surface area (Å²) >= 11 is 0. The molecule has 0 spiro atoms. The molecule has 0 fully saturated rings. The predicted octanol–water partition coefficient (Wildman–Crippen LogP) is 4.06. The fourth-order valence-electron chi connectivity index (χ4n) is 2.36. The third-order valence-corrected chi connectivity index (χ3v) is 3.65. The fraction of sp³-hybridized carbons (Fsp3) is 0.333. The molecule has 0 saturated heterocycles. The molecule has 1 amide bonds. The van der Waals surface area contributed by atoms with Crippen molar-refractivity contribution in [1.82, 2.24) is 10.1 Å². The van der Waals surface area contributed by atoms with Crippen molar-refractivity contribution in [2.75, 3.05) is 13.1 Å². The number of ether oxygens (including phenoxy) is 1. The minimum atomic E-state index is -4.49. The summed E-state index contributed by atoms with van der Waals surface area (Å²) in [5.74, 6) is 0.239. The molecule has 0 aliphatic rings. The average Bonchev–Trinajstić information content (AvgIpc) is 2.89. The summed E-state index contributed by atoms with van der Waals surface area (Å²) < 4.78 is 48.7. The first-order valence-electron chi connectivity index (χ1n) is 7.83. The molecule has 2 aromatic rings. The van der Waals surface area contributed by atoms with Gasteiger partial charge in [0, 0.05) is 12.1 Å². The lowest BCUT2D eigenvalue weighted by molar-refractivity contribution is -0.139. The Morgan fingerprint density at radius 1 is 1.38 bits per heavy atom. The molecule has 0 saturated carbocycles. The summed E-state index contributed by atoms with van der Waals surface area (Å²) in [6, 6.07) is 6.02. The zero-order chi connectivity index (χ0) is 19.3. The van der Waals surface area contributed by atoms with Crippen molar-refractivity contribution in [3.8, 4) is 5.75 Å². The smallest absolute Gasteiger partial charge is 0.406 e. The summed E-state index contributed by atoms with van der Waals surface area (Å²) in [7, 11) is 0. The zero-order valence-electron chi connectivity index (χ0n) is 14.5. The number of aromatic nitrogens is 1. The predicted molar refractivity (Wildman–Crippen MR) is 88.9 cm³/mol. The highest BCUT2D eigenvalue weighted by molar-refractivity contribution is 5.94. The van der Waals surface area contributed by atoms with Gasteiger partial charge in [0.05, 0.1) is 11.3 Å². The van der Waals surface area contributed by atoms with Crippen LogP contribution in [0.1, 0.15) is 27.4 Å². The number of carbonyl (C=O) groups excluding carboxylic acids is 1. The van der Waals surface area contributed by atoms with Gasteiger partial charge in [0.2, 0.25) is 0 Å². The molecule has 0 radical (unpaired) electrons. The van der Waals surface area contributed by atoms with Crippen LogP contribution in [-0.4, -0.2) is 35.2 Å². The van der Waals surface area contributed by atoms with Gasteiger partial charge in [-0.3, -0.25) is 4.79 Å². The number of halogens is 3. The SMILES string of the molecule is C=CCN(CC(F)(F)F)C(=O)c1cccc(OCc2c(C)noc2C)c1. The Kier molecular flexibility index (Phi) is 6.07. The van der Waals surface area contributed by atoms with Gasteiger partial charge in [0.25, 0.3) is 5.91 Å². The number of benzene rings is 1. The Balaban J connectivity index is 2.13. The van der Waals surface area contributed by atoms with Crippen LogP contribution in [0.25, 0.3) is 0 Å². The van der Waals surface area contributed by atoms with Crippen LogP contribution in [0.4, 0.5) is 13.2 Å². The molecule has 0 bridgehead atoms. The van der Waals surface area contributed by atoms with Gasteiger partial charge in [-0.2, -0.15) is 13.2 Å². The van der Waals surface area contributed by atoms with Crippen LogP contribution in [0.15, 0.2) is 41.4 Å². The first-order chi connectivity index (χ1) is 12.2. The Labute approximate surface area is 149 Å². The Bertz CT molecular complexity index is 765. The van der Waals surface area contributed by atoms with E-state index >= 15 is 0 Å². The Morgan fingerprint density at radius 3 is 2.69 bits per heavy atom. The van der Waals surface area contributed by atoms with E-state index in [2.05, 4.69) is 11.7 Å². The number of amides is 1. The molecule has 140 valence electrons. The Morgan fingerprint density at radius 2 is 2.12 bits per heavy atom. The molecule has 0 aliphatic heterocycles. The lowest BCUT2D eigenvalue weighted by Crippen LogP contribution is -2.39. The van der Waals surface area contributed by atoms with Gasteiger partial charge in [-0.05, 0) is 32.0 Å². The summed E-state index contributed by atoms with van der Waals surface area (Å²) in [6.45, 7) is 5.56. The molecule has 8 heteroatoms. The normalized spacial score (nSPS) is 11.3. The molecule has 0 aliphatic carbocycles. The second kappa shape index (κ2) is 8.07. The number of rotatable bonds is 7. The molecule has 0 N–H and O–H groups in total. The van der Waals surface area contributed by atoms with Crippen LogP contribution in [0.2, 0.25) is 0 Å². The van der Waals surface area contributed by atoms with Gasteiger partial charge in [-0.1, -0.05) is 17.3 Å². The molecule has 26 heavy (non-hydrogen) atoms. The second-order valence-corrected chi connectivity index (χ2v) is 5.71. The van der Waals surface area contributed by atoms with E-state index in [0.717, 1.165) is 5.56 Å². The van der Waals surface area contributed by atoms with Crippen molar-refractivity contribution in [3.05, 3.63) is 59.5 Å². The molecule has 0 unspecified atom stereocenters. The van der Waals surface area contributed by atoms with E-state index in [1.54, 1.807) is 26.0 Å². The highest BCUT2D eigenvalue weighted by Gasteiger charge is 2.32. The fourth-order valence-corrected chi connectivity index (χ4v) is 2.36. The first kappa shape index (κ1) is 19.6.